The molecule has 11 nitrogen and oxygen atoms in total. The molecule has 0 saturated carbocycles. The monoisotopic (exact) mass is 525 g/mol. The second-order valence-corrected chi connectivity index (χ2v) is 8.59. The molecular formula is C27H35N5O6. The number of nitrogens with one attached hydrogen (secondary N) is 1. The van der Waals surface area contributed by atoms with E-state index in [0.717, 1.165) is 29.9 Å². The third-order valence-corrected chi connectivity index (χ3v) is 6.05. The fourth-order valence-corrected chi connectivity index (χ4v) is 4.26. The Hall–Kier alpha value is -4.15. The number of carbonyl (C=O) groups excluding carboxylic acids is 1. The number of esters is 1. The van der Waals surface area contributed by atoms with Gasteiger partial charge in [-0.2, -0.15) is 0 Å². The van der Waals surface area contributed by atoms with Crippen LogP contribution in [0.5, 0.6) is 0 Å². The molecule has 3 aliphatic heterocycles. The summed E-state index contributed by atoms with van der Waals surface area (Å²) >= 11 is 0. The van der Waals surface area contributed by atoms with Crippen molar-refractivity contribution in [3.63, 3.8) is 0 Å². The summed E-state index contributed by atoms with van der Waals surface area (Å²) in [7, 11) is 0. The Labute approximate surface area is 222 Å². The van der Waals surface area contributed by atoms with Gasteiger partial charge in [0.15, 0.2) is 0 Å². The van der Waals surface area contributed by atoms with E-state index in [1.165, 1.54) is 12.1 Å². The minimum atomic E-state index is -0.563. The van der Waals surface area contributed by atoms with Crippen LogP contribution in [0.2, 0.25) is 0 Å². The molecule has 3 N–H and O–H groups in total. The second-order valence-electron chi connectivity index (χ2n) is 8.59. The number of non-ortho nitro benzene ring substituents is 1. The first-order valence-electron chi connectivity index (χ1n) is 12.7. The summed E-state index contributed by atoms with van der Waals surface area (Å²) < 4.78 is 16.1. The van der Waals surface area contributed by atoms with Gasteiger partial charge in [-0.15, -0.1) is 0 Å². The number of nitrogens with zero attached hydrogens (tertiary/aromatic N) is 3. The van der Waals surface area contributed by atoms with Crippen molar-refractivity contribution in [3.05, 3.63) is 74.3 Å². The number of nitrogens with two attached hydrogens (primary N) is 1. The number of benzene rings is 1. The molecule has 11 heteroatoms. The highest BCUT2D eigenvalue weighted by atomic mass is 16.6. The maximum absolute atomic E-state index is 12.8. The molecular weight excluding hydrogens is 490 g/mol. The van der Waals surface area contributed by atoms with Gasteiger partial charge >= 0.3 is 5.97 Å². The molecule has 0 aromatic heterocycles. The molecule has 0 bridgehead atoms. The van der Waals surface area contributed by atoms with Gasteiger partial charge in [-0.1, -0.05) is 26.0 Å². The van der Waals surface area contributed by atoms with Gasteiger partial charge in [-0.3, -0.25) is 10.1 Å². The smallest absolute Gasteiger partial charge is 0.336 e. The third kappa shape index (κ3) is 6.78. The van der Waals surface area contributed by atoms with Crippen LogP contribution in [-0.4, -0.2) is 55.6 Å². The van der Waals surface area contributed by atoms with Crippen LogP contribution in [0.3, 0.4) is 0 Å². The van der Waals surface area contributed by atoms with Crippen molar-refractivity contribution in [2.24, 2.45) is 15.7 Å². The molecule has 1 aromatic carbocycles. The molecule has 1 unspecified atom stereocenters. The van der Waals surface area contributed by atoms with Crippen LogP contribution < -0.4 is 11.1 Å². The van der Waals surface area contributed by atoms with E-state index in [4.69, 9.17) is 19.9 Å². The first kappa shape index (κ1) is 28.4. The second kappa shape index (κ2) is 13.4. The van der Waals surface area contributed by atoms with Crippen molar-refractivity contribution in [3.8, 4) is 0 Å². The van der Waals surface area contributed by atoms with Gasteiger partial charge in [0.2, 0.25) is 11.8 Å². The molecule has 4 rings (SSSR count). The zero-order valence-corrected chi connectivity index (χ0v) is 22.3. The number of ether oxygens (including phenoxy) is 3. The Balaban J connectivity index is 0.000000336. The number of nitro benzene ring substituents is 1. The van der Waals surface area contributed by atoms with Gasteiger partial charge in [-0.05, 0) is 32.3 Å². The Kier molecular flexibility index (Phi) is 10.0. The summed E-state index contributed by atoms with van der Waals surface area (Å²) in [6.07, 6.45) is 3.30. The number of hydrogen-bond donors (Lipinski definition) is 2. The van der Waals surface area contributed by atoms with Gasteiger partial charge in [0, 0.05) is 40.9 Å². The highest BCUT2D eigenvalue weighted by Crippen LogP contribution is 2.41. The third-order valence-electron chi connectivity index (χ3n) is 6.05. The molecule has 0 amide bonds. The Bertz CT molecular complexity index is 1210. The van der Waals surface area contributed by atoms with Crippen LogP contribution >= 0.6 is 0 Å². The number of rotatable bonds is 8. The minimum absolute atomic E-state index is 0.0384. The number of hydrogen-bond acceptors (Lipinski definition) is 10. The maximum atomic E-state index is 12.8. The lowest BCUT2D eigenvalue weighted by molar-refractivity contribution is -0.384. The van der Waals surface area contributed by atoms with E-state index < -0.39 is 16.8 Å². The molecule has 38 heavy (non-hydrogen) atoms. The normalized spacial score (nSPS) is 18.9. The highest BCUT2D eigenvalue weighted by Gasteiger charge is 2.38. The minimum Gasteiger partial charge on any atom is -0.476 e. The standard InChI is InChI=1S/C20H23N3O5.C7H12N2O/c1-4-15-18(19-21-9-10-28-19)17(13-7-6-8-14(11-13)23(25)26)16(12(3)22-15)20(24)27-5-2;1-2-6(8)5-7-9-3-4-10-7/h6-8,11,17,22H,4-5,9-10H2,1-3H3;5H,2-4,8H2,1H3. The van der Waals surface area contributed by atoms with E-state index >= 15 is 0 Å². The molecule has 204 valence electrons. The van der Waals surface area contributed by atoms with E-state index in [0.29, 0.717) is 54.8 Å². The number of nitro groups is 1. The number of carbonyl (C=O) groups is 1. The molecule has 3 aliphatic rings. The summed E-state index contributed by atoms with van der Waals surface area (Å²) in [5, 5.41) is 14.6. The van der Waals surface area contributed by atoms with Crippen LogP contribution in [0.15, 0.2) is 68.6 Å². The first-order chi connectivity index (χ1) is 18.3. The Morgan fingerprint density at radius 1 is 1.24 bits per heavy atom. The predicted molar refractivity (Wildman–Crippen MR) is 145 cm³/mol. The molecule has 0 radical (unpaired) electrons. The fraction of sp³-hybridized carbons (Fsp3) is 0.444. The molecule has 0 fully saturated rings. The lowest BCUT2D eigenvalue weighted by atomic mass is 9.79. The molecule has 0 aliphatic carbocycles. The van der Waals surface area contributed by atoms with E-state index in [9.17, 15) is 14.9 Å². The van der Waals surface area contributed by atoms with Crippen LogP contribution in [0.4, 0.5) is 5.69 Å². The van der Waals surface area contributed by atoms with Gasteiger partial charge < -0.3 is 25.3 Å². The van der Waals surface area contributed by atoms with Crippen LogP contribution in [0.25, 0.3) is 0 Å². The SMILES string of the molecule is CCC(N)=CC1=NCCO1.CCOC(=O)C1=C(C)NC(CC)=C(C2=NCCO2)C1c1cccc([N+](=O)[O-])c1. The molecule has 3 heterocycles. The average Bonchev–Trinajstić information content (AvgIpc) is 3.63. The molecule has 0 saturated heterocycles. The molecule has 1 atom stereocenters. The Morgan fingerprint density at radius 2 is 1.97 bits per heavy atom. The zero-order valence-electron chi connectivity index (χ0n) is 22.3. The number of dihydropyridines is 1. The largest absolute Gasteiger partial charge is 0.476 e. The average molecular weight is 526 g/mol. The van der Waals surface area contributed by atoms with Crippen molar-refractivity contribution in [2.75, 3.05) is 32.9 Å². The van der Waals surface area contributed by atoms with Gasteiger partial charge in [0.1, 0.15) is 13.2 Å². The summed E-state index contributed by atoms with van der Waals surface area (Å²) in [5.41, 5.74) is 9.64. The van der Waals surface area contributed by atoms with Gasteiger partial charge in [0.25, 0.3) is 5.69 Å². The molecule has 0 spiro atoms. The van der Waals surface area contributed by atoms with Crippen molar-refractivity contribution in [2.45, 2.75) is 46.5 Å². The first-order valence-corrected chi connectivity index (χ1v) is 12.7. The summed E-state index contributed by atoms with van der Waals surface area (Å²) in [6, 6.07) is 6.32. The van der Waals surface area contributed by atoms with Crippen molar-refractivity contribution >= 4 is 23.5 Å². The van der Waals surface area contributed by atoms with Gasteiger partial charge in [0.05, 0.1) is 36.1 Å². The zero-order chi connectivity index (χ0) is 27.7. The van der Waals surface area contributed by atoms with E-state index in [-0.39, 0.29) is 12.3 Å². The lowest BCUT2D eigenvalue weighted by Crippen LogP contribution is -2.32. The van der Waals surface area contributed by atoms with E-state index in [2.05, 4.69) is 15.3 Å². The van der Waals surface area contributed by atoms with Crippen LogP contribution in [-0.2, 0) is 19.0 Å². The number of aliphatic imine (C=N–C) groups is 2. The van der Waals surface area contributed by atoms with Gasteiger partial charge in [-0.25, -0.2) is 14.8 Å². The van der Waals surface area contributed by atoms with Crippen LogP contribution in [0.1, 0.15) is 52.0 Å². The lowest BCUT2D eigenvalue weighted by Gasteiger charge is -2.32. The topological polar surface area (TPSA) is 151 Å². The van der Waals surface area contributed by atoms with E-state index in [1.54, 1.807) is 32.1 Å². The predicted octanol–water partition coefficient (Wildman–Crippen LogP) is 3.88. The molecule has 1 aromatic rings. The van der Waals surface area contributed by atoms with Crippen LogP contribution in [0, 0.1) is 10.1 Å². The highest BCUT2D eigenvalue weighted by molar-refractivity contribution is 6.02. The van der Waals surface area contributed by atoms with Crippen molar-refractivity contribution in [1.29, 1.82) is 0 Å². The summed E-state index contributed by atoms with van der Waals surface area (Å²) in [6.45, 7) is 10.2. The fourth-order valence-electron chi connectivity index (χ4n) is 4.26. The van der Waals surface area contributed by atoms with E-state index in [1.807, 2.05) is 13.8 Å². The quantitative estimate of drug-likeness (QED) is 0.295. The summed E-state index contributed by atoms with van der Waals surface area (Å²) in [5.74, 6) is 0.122. The Morgan fingerprint density at radius 3 is 2.55 bits per heavy atom. The summed E-state index contributed by atoms with van der Waals surface area (Å²) in [4.78, 5) is 32.2. The number of allylic oxidation sites excluding steroid dienone is 3. The van der Waals surface area contributed by atoms with Crippen molar-refractivity contribution in [1.82, 2.24) is 5.32 Å². The van der Waals surface area contributed by atoms with Crippen molar-refractivity contribution < 1.29 is 23.9 Å². The maximum Gasteiger partial charge on any atom is 0.336 e.